The second-order valence-electron chi connectivity index (χ2n) is 5.91. The molecule has 0 aromatic carbocycles. The van der Waals surface area contributed by atoms with Gasteiger partial charge in [-0.3, -0.25) is 4.79 Å². The minimum atomic E-state index is 0.0302. The van der Waals surface area contributed by atoms with Gasteiger partial charge in [0.25, 0.3) is 5.91 Å². The number of hydrogen-bond acceptors (Lipinski definition) is 4. The number of halogens is 1. The SMILES string of the molecule is CN(C)c1cc(C(=O)N2CCOC[C@H]2C2CC2)cc(Cl)n1. The highest BCUT2D eigenvalue weighted by Gasteiger charge is 2.39. The van der Waals surface area contributed by atoms with E-state index in [-0.39, 0.29) is 11.9 Å². The molecule has 1 aliphatic carbocycles. The van der Waals surface area contributed by atoms with Gasteiger partial charge in [-0.2, -0.15) is 0 Å². The van der Waals surface area contributed by atoms with Crippen LogP contribution in [0.5, 0.6) is 0 Å². The van der Waals surface area contributed by atoms with E-state index in [0.717, 1.165) is 0 Å². The fraction of sp³-hybridized carbons (Fsp3) is 0.600. The smallest absolute Gasteiger partial charge is 0.254 e. The summed E-state index contributed by atoms with van der Waals surface area (Å²) in [5.74, 6) is 1.32. The zero-order valence-corrected chi connectivity index (χ0v) is 13.1. The predicted molar refractivity (Wildman–Crippen MR) is 81.9 cm³/mol. The van der Waals surface area contributed by atoms with Crippen LogP contribution in [-0.2, 0) is 4.74 Å². The lowest BCUT2D eigenvalue weighted by atomic mass is 10.1. The third-order valence-corrected chi connectivity index (χ3v) is 4.27. The zero-order chi connectivity index (χ0) is 15.0. The Morgan fingerprint density at radius 1 is 1.43 bits per heavy atom. The van der Waals surface area contributed by atoms with Crippen molar-refractivity contribution >= 4 is 23.3 Å². The quantitative estimate of drug-likeness (QED) is 0.802. The summed E-state index contributed by atoms with van der Waals surface area (Å²) in [5.41, 5.74) is 0.603. The molecular weight excluding hydrogens is 290 g/mol. The monoisotopic (exact) mass is 309 g/mol. The fourth-order valence-corrected chi connectivity index (χ4v) is 2.95. The van der Waals surface area contributed by atoms with Gasteiger partial charge in [0.2, 0.25) is 0 Å². The van der Waals surface area contributed by atoms with Gasteiger partial charge in [-0.25, -0.2) is 4.98 Å². The summed E-state index contributed by atoms with van der Waals surface area (Å²) in [4.78, 5) is 20.9. The third kappa shape index (κ3) is 3.14. The van der Waals surface area contributed by atoms with Crippen LogP contribution in [0.15, 0.2) is 12.1 Å². The summed E-state index contributed by atoms with van der Waals surface area (Å²) in [5, 5.41) is 0.348. The number of ether oxygens (including phenoxy) is 1. The van der Waals surface area contributed by atoms with Crippen LogP contribution in [0.3, 0.4) is 0 Å². The Labute approximate surface area is 129 Å². The number of aromatic nitrogens is 1. The lowest BCUT2D eigenvalue weighted by molar-refractivity contribution is -0.00834. The topological polar surface area (TPSA) is 45.7 Å². The minimum Gasteiger partial charge on any atom is -0.377 e. The van der Waals surface area contributed by atoms with E-state index >= 15 is 0 Å². The van der Waals surface area contributed by atoms with Crippen LogP contribution in [0.1, 0.15) is 23.2 Å². The van der Waals surface area contributed by atoms with Crippen molar-refractivity contribution in [3.63, 3.8) is 0 Å². The Balaban J connectivity index is 1.86. The molecule has 1 amide bonds. The Morgan fingerprint density at radius 3 is 2.86 bits per heavy atom. The van der Waals surface area contributed by atoms with Crippen LogP contribution in [0, 0.1) is 5.92 Å². The molecule has 1 aromatic heterocycles. The molecule has 0 spiro atoms. The molecule has 2 heterocycles. The minimum absolute atomic E-state index is 0.0302. The summed E-state index contributed by atoms with van der Waals surface area (Å²) >= 11 is 6.06. The standard InChI is InChI=1S/C15H20ClN3O2/c1-18(2)14-8-11(7-13(16)17-14)15(20)19-5-6-21-9-12(19)10-3-4-10/h7-8,10,12H,3-6,9H2,1-2H3/t12-/m0/s1. The Morgan fingerprint density at radius 2 is 2.19 bits per heavy atom. The van der Waals surface area contributed by atoms with Gasteiger partial charge in [-0.05, 0) is 30.9 Å². The highest BCUT2D eigenvalue weighted by Crippen LogP contribution is 2.37. The summed E-state index contributed by atoms with van der Waals surface area (Å²) < 4.78 is 5.54. The zero-order valence-electron chi connectivity index (χ0n) is 12.4. The van der Waals surface area contributed by atoms with Crippen LogP contribution in [0.25, 0.3) is 0 Å². The maximum atomic E-state index is 12.8. The van der Waals surface area contributed by atoms with E-state index in [1.807, 2.05) is 23.9 Å². The van der Waals surface area contributed by atoms with Crippen molar-refractivity contribution in [2.45, 2.75) is 18.9 Å². The van der Waals surface area contributed by atoms with Crippen molar-refractivity contribution in [2.75, 3.05) is 38.8 Å². The second-order valence-corrected chi connectivity index (χ2v) is 6.30. The van der Waals surface area contributed by atoms with Crippen LogP contribution >= 0.6 is 11.6 Å². The normalized spacial score (nSPS) is 22.2. The molecule has 3 rings (SSSR count). The molecule has 1 saturated heterocycles. The van der Waals surface area contributed by atoms with Crippen molar-refractivity contribution in [2.24, 2.45) is 5.92 Å². The molecule has 1 aromatic rings. The van der Waals surface area contributed by atoms with Crippen molar-refractivity contribution < 1.29 is 9.53 Å². The number of pyridine rings is 1. The molecule has 1 atom stereocenters. The highest BCUT2D eigenvalue weighted by molar-refractivity contribution is 6.29. The van der Waals surface area contributed by atoms with Crippen LogP contribution in [0.4, 0.5) is 5.82 Å². The largest absolute Gasteiger partial charge is 0.377 e. The lowest BCUT2D eigenvalue weighted by Crippen LogP contribution is -2.49. The molecule has 114 valence electrons. The average Bonchev–Trinajstić information content (AvgIpc) is 3.30. The van der Waals surface area contributed by atoms with E-state index in [1.165, 1.54) is 12.8 Å². The van der Waals surface area contributed by atoms with Crippen molar-refractivity contribution in [1.29, 1.82) is 0 Å². The van der Waals surface area contributed by atoms with E-state index in [1.54, 1.807) is 12.1 Å². The number of carbonyl (C=O) groups excluding carboxylic acids is 1. The first kappa shape index (κ1) is 14.6. The van der Waals surface area contributed by atoms with Gasteiger partial charge in [0.1, 0.15) is 11.0 Å². The summed E-state index contributed by atoms with van der Waals surface area (Å²) in [6, 6.07) is 3.66. The number of hydrogen-bond donors (Lipinski definition) is 0. The first-order chi connectivity index (χ1) is 10.1. The molecular formula is C15H20ClN3O2. The Hall–Kier alpha value is -1.33. The number of nitrogens with zero attached hydrogens (tertiary/aromatic N) is 3. The van der Waals surface area contributed by atoms with Gasteiger partial charge in [0.15, 0.2) is 0 Å². The number of carbonyl (C=O) groups is 1. The van der Waals surface area contributed by atoms with E-state index in [9.17, 15) is 4.79 Å². The van der Waals surface area contributed by atoms with Gasteiger partial charge in [0.05, 0.1) is 19.3 Å². The summed E-state index contributed by atoms with van der Waals surface area (Å²) in [7, 11) is 3.77. The first-order valence-corrected chi connectivity index (χ1v) is 7.67. The summed E-state index contributed by atoms with van der Waals surface area (Å²) in [6.07, 6.45) is 2.38. The average molecular weight is 310 g/mol. The molecule has 0 bridgehead atoms. The molecule has 1 aliphatic heterocycles. The van der Waals surface area contributed by atoms with Gasteiger partial charge in [0, 0.05) is 26.2 Å². The molecule has 6 heteroatoms. The second kappa shape index (κ2) is 5.81. The van der Waals surface area contributed by atoms with Crippen LogP contribution in [0.2, 0.25) is 5.15 Å². The van der Waals surface area contributed by atoms with Gasteiger partial charge >= 0.3 is 0 Å². The lowest BCUT2D eigenvalue weighted by Gasteiger charge is -2.36. The molecule has 0 radical (unpaired) electrons. The molecule has 2 aliphatic rings. The molecule has 0 N–H and O–H groups in total. The maximum absolute atomic E-state index is 12.8. The number of anilines is 1. The van der Waals surface area contributed by atoms with Crippen molar-refractivity contribution in [3.8, 4) is 0 Å². The third-order valence-electron chi connectivity index (χ3n) is 4.08. The number of amides is 1. The number of rotatable bonds is 3. The highest BCUT2D eigenvalue weighted by atomic mass is 35.5. The van der Waals surface area contributed by atoms with E-state index in [4.69, 9.17) is 16.3 Å². The predicted octanol–water partition coefficient (Wildman–Crippen LogP) is 2.05. The first-order valence-electron chi connectivity index (χ1n) is 7.30. The van der Waals surface area contributed by atoms with Crippen LogP contribution in [-0.4, -0.2) is 55.7 Å². The number of morpholine rings is 1. The Kier molecular flexibility index (Phi) is 4.04. The van der Waals surface area contributed by atoms with Gasteiger partial charge < -0.3 is 14.5 Å². The molecule has 0 unspecified atom stereocenters. The van der Waals surface area contributed by atoms with E-state index < -0.39 is 0 Å². The van der Waals surface area contributed by atoms with Crippen molar-refractivity contribution in [1.82, 2.24) is 9.88 Å². The van der Waals surface area contributed by atoms with E-state index in [2.05, 4.69) is 4.98 Å². The van der Waals surface area contributed by atoms with Crippen molar-refractivity contribution in [3.05, 3.63) is 22.8 Å². The van der Waals surface area contributed by atoms with Crippen LogP contribution < -0.4 is 4.90 Å². The maximum Gasteiger partial charge on any atom is 0.254 e. The fourth-order valence-electron chi connectivity index (χ4n) is 2.75. The molecule has 5 nitrogen and oxygen atoms in total. The summed E-state index contributed by atoms with van der Waals surface area (Å²) in [6.45, 7) is 1.90. The Bertz CT molecular complexity index is 546. The van der Waals surface area contributed by atoms with Gasteiger partial charge in [-0.1, -0.05) is 11.6 Å². The molecule has 21 heavy (non-hydrogen) atoms. The van der Waals surface area contributed by atoms with E-state index in [0.29, 0.717) is 42.2 Å². The molecule has 1 saturated carbocycles. The van der Waals surface area contributed by atoms with Gasteiger partial charge in [-0.15, -0.1) is 0 Å². The molecule has 2 fully saturated rings.